The predicted molar refractivity (Wildman–Crippen MR) is 136 cm³/mol. The minimum absolute atomic E-state index is 0.0557. The maximum absolute atomic E-state index is 13.3. The quantitative estimate of drug-likeness (QED) is 0.315. The molecule has 2 amide bonds. The molecule has 1 fully saturated rings. The second kappa shape index (κ2) is 11.6. The van der Waals surface area contributed by atoms with Gasteiger partial charge in [-0.3, -0.25) is 24.6 Å². The van der Waals surface area contributed by atoms with Gasteiger partial charge in [0.25, 0.3) is 17.5 Å². The van der Waals surface area contributed by atoms with Crippen LogP contribution in [0.5, 0.6) is 0 Å². The highest BCUT2D eigenvalue weighted by Gasteiger charge is 2.25. The van der Waals surface area contributed by atoms with Crippen LogP contribution in [-0.2, 0) is 6.54 Å². The highest BCUT2D eigenvalue weighted by molar-refractivity contribution is 7.12. The predicted octanol–water partition coefficient (Wildman–Crippen LogP) is 4.55. The number of benzene rings is 2. The summed E-state index contributed by atoms with van der Waals surface area (Å²) in [5.41, 5.74) is 0.920. The fraction of sp³-hybridized carbons (Fsp3) is 0.280. The second-order valence-corrected chi connectivity index (χ2v) is 9.74. The van der Waals surface area contributed by atoms with Crippen molar-refractivity contribution in [2.75, 3.05) is 39.3 Å². The summed E-state index contributed by atoms with van der Waals surface area (Å²) >= 11 is 7.51. The van der Waals surface area contributed by atoms with Gasteiger partial charge < -0.3 is 9.80 Å². The Morgan fingerprint density at radius 3 is 2.42 bits per heavy atom. The fourth-order valence-electron chi connectivity index (χ4n) is 4.02. The van der Waals surface area contributed by atoms with E-state index >= 15 is 0 Å². The molecule has 2 aromatic carbocycles. The van der Waals surface area contributed by atoms with Crippen molar-refractivity contribution in [1.29, 1.82) is 0 Å². The van der Waals surface area contributed by atoms with E-state index in [1.54, 1.807) is 28.0 Å². The first-order valence-electron chi connectivity index (χ1n) is 11.3. The van der Waals surface area contributed by atoms with Crippen LogP contribution in [0.15, 0.2) is 60.0 Å². The van der Waals surface area contributed by atoms with Gasteiger partial charge in [0.1, 0.15) is 5.82 Å². The highest BCUT2D eigenvalue weighted by atomic mass is 35.5. The number of nitrogens with zero attached hydrogens (tertiary/aromatic N) is 4. The molecule has 0 saturated carbocycles. The Balaban J connectivity index is 1.35. The van der Waals surface area contributed by atoms with Crippen LogP contribution >= 0.6 is 22.9 Å². The highest BCUT2D eigenvalue weighted by Crippen LogP contribution is 2.24. The molecule has 3 aromatic rings. The molecular weight excluding hydrogens is 507 g/mol. The summed E-state index contributed by atoms with van der Waals surface area (Å²) in [5.74, 6) is -0.659. The molecule has 0 spiro atoms. The molecule has 1 saturated heterocycles. The van der Waals surface area contributed by atoms with Gasteiger partial charge in [0.05, 0.1) is 20.4 Å². The molecule has 36 heavy (non-hydrogen) atoms. The van der Waals surface area contributed by atoms with Crippen molar-refractivity contribution >= 4 is 40.4 Å². The Morgan fingerprint density at radius 1 is 1.08 bits per heavy atom. The topological polar surface area (TPSA) is 87.0 Å². The van der Waals surface area contributed by atoms with E-state index in [1.165, 1.54) is 41.7 Å². The molecule has 0 radical (unpaired) electrons. The van der Waals surface area contributed by atoms with E-state index in [-0.39, 0.29) is 33.9 Å². The van der Waals surface area contributed by atoms with Crippen LogP contribution in [-0.4, -0.2) is 70.7 Å². The minimum Gasteiger partial charge on any atom is -0.336 e. The molecule has 0 atom stereocenters. The molecule has 2 heterocycles. The van der Waals surface area contributed by atoms with E-state index in [2.05, 4.69) is 4.90 Å². The van der Waals surface area contributed by atoms with Crippen LogP contribution in [0.3, 0.4) is 0 Å². The average Bonchev–Trinajstić information content (AvgIpc) is 3.42. The lowest BCUT2D eigenvalue weighted by Gasteiger charge is -2.36. The monoisotopic (exact) mass is 530 g/mol. The molecular formula is C25H24ClFN4O4S. The molecule has 8 nitrogen and oxygen atoms in total. The van der Waals surface area contributed by atoms with Crippen LogP contribution < -0.4 is 0 Å². The van der Waals surface area contributed by atoms with Crippen molar-refractivity contribution in [3.8, 4) is 0 Å². The van der Waals surface area contributed by atoms with Crippen molar-refractivity contribution in [1.82, 2.24) is 14.7 Å². The SMILES string of the molecule is O=C(c1cccs1)N(CCN1CCN(C(=O)c2ccc([N+](=O)[O-])cc2Cl)CC1)Cc1ccc(F)cc1. The summed E-state index contributed by atoms with van der Waals surface area (Å²) in [6.45, 7) is 3.66. The van der Waals surface area contributed by atoms with E-state index in [4.69, 9.17) is 11.6 Å². The van der Waals surface area contributed by atoms with Gasteiger partial charge in [0.15, 0.2) is 0 Å². The molecule has 188 valence electrons. The van der Waals surface area contributed by atoms with Gasteiger partial charge in [-0.25, -0.2) is 4.39 Å². The summed E-state index contributed by atoms with van der Waals surface area (Å²) in [4.78, 5) is 42.6. The van der Waals surface area contributed by atoms with Gasteiger partial charge in [-0.2, -0.15) is 0 Å². The number of non-ortho nitro benzene ring substituents is 1. The minimum atomic E-state index is -0.554. The number of amides is 2. The van der Waals surface area contributed by atoms with Crippen molar-refractivity contribution in [3.05, 3.63) is 96.9 Å². The van der Waals surface area contributed by atoms with Crippen molar-refractivity contribution in [3.63, 3.8) is 0 Å². The normalized spacial score (nSPS) is 14.0. The van der Waals surface area contributed by atoms with Crippen LogP contribution in [0.25, 0.3) is 0 Å². The average molecular weight is 531 g/mol. The van der Waals surface area contributed by atoms with Gasteiger partial charge in [-0.1, -0.05) is 29.8 Å². The lowest BCUT2D eigenvalue weighted by atomic mass is 10.1. The van der Waals surface area contributed by atoms with Gasteiger partial charge in [0, 0.05) is 57.9 Å². The number of carbonyl (C=O) groups is 2. The fourth-order valence-corrected chi connectivity index (χ4v) is 4.96. The number of carbonyl (C=O) groups excluding carboxylic acids is 2. The number of thiophene rings is 1. The maximum atomic E-state index is 13.3. The van der Waals surface area contributed by atoms with E-state index < -0.39 is 4.92 Å². The zero-order valence-electron chi connectivity index (χ0n) is 19.3. The summed E-state index contributed by atoms with van der Waals surface area (Å²) in [6.07, 6.45) is 0. The van der Waals surface area contributed by atoms with Crippen LogP contribution in [0, 0.1) is 15.9 Å². The first kappa shape index (κ1) is 25.7. The second-order valence-electron chi connectivity index (χ2n) is 8.39. The number of nitro groups is 1. The molecule has 1 aromatic heterocycles. The Bertz CT molecular complexity index is 1230. The van der Waals surface area contributed by atoms with Crippen LogP contribution in [0.2, 0.25) is 5.02 Å². The summed E-state index contributed by atoms with van der Waals surface area (Å²) < 4.78 is 13.3. The molecule has 4 rings (SSSR count). The van der Waals surface area contributed by atoms with Crippen LogP contribution in [0.1, 0.15) is 25.6 Å². The number of hydrogen-bond acceptors (Lipinski definition) is 6. The van der Waals surface area contributed by atoms with E-state index in [1.807, 2.05) is 11.4 Å². The first-order chi connectivity index (χ1) is 17.3. The zero-order valence-corrected chi connectivity index (χ0v) is 20.9. The molecule has 0 bridgehead atoms. The van der Waals surface area contributed by atoms with Crippen molar-refractivity contribution < 1.29 is 18.9 Å². The van der Waals surface area contributed by atoms with Gasteiger partial charge in [0.2, 0.25) is 0 Å². The van der Waals surface area contributed by atoms with Crippen molar-refractivity contribution in [2.45, 2.75) is 6.54 Å². The molecule has 1 aliphatic heterocycles. The number of piperazine rings is 1. The van der Waals surface area contributed by atoms with E-state index in [0.29, 0.717) is 50.7 Å². The third-order valence-electron chi connectivity index (χ3n) is 6.05. The van der Waals surface area contributed by atoms with Gasteiger partial charge in [-0.05, 0) is 35.2 Å². The lowest BCUT2D eigenvalue weighted by molar-refractivity contribution is -0.384. The Labute approximate surface area is 216 Å². The van der Waals surface area contributed by atoms with Gasteiger partial charge >= 0.3 is 0 Å². The smallest absolute Gasteiger partial charge is 0.270 e. The first-order valence-corrected chi connectivity index (χ1v) is 12.6. The number of nitro benzene ring substituents is 1. The number of hydrogen-bond donors (Lipinski definition) is 0. The van der Waals surface area contributed by atoms with E-state index in [0.717, 1.165) is 5.56 Å². The summed E-state index contributed by atoms with van der Waals surface area (Å²) in [6, 6.07) is 13.6. The standard InChI is InChI=1S/C25H24ClFN4O4S/c26-22-16-20(31(34)35)7-8-21(22)24(32)29-12-9-28(10-13-29)11-14-30(25(33)23-2-1-15-36-23)17-18-3-5-19(27)6-4-18/h1-8,15-16H,9-14,17H2. The number of halogens is 2. The third kappa shape index (κ3) is 6.26. The molecule has 0 unspecified atom stereocenters. The van der Waals surface area contributed by atoms with Crippen molar-refractivity contribution in [2.24, 2.45) is 0 Å². The largest absolute Gasteiger partial charge is 0.336 e. The zero-order chi connectivity index (χ0) is 25.7. The Hall–Kier alpha value is -3.34. The van der Waals surface area contributed by atoms with Gasteiger partial charge in [-0.15, -0.1) is 11.3 Å². The molecule has 11 heteroatoms. The molecule has 1 aliphatic rings. The maximum Gasteiger partial charge on any atom is 0.270 e. The van der Waals surface area contributed by atoms with Crippen LogP contribution in [0.4, 0.5) is 10.1 Å². The summed E-state index contributed by atoms with van der Waals surface area (Å²) in [5, 5.41) is 12.8. The summed E-state index contributed by atoms with van der Waals surface area (Å²) in [7, 11) is 0. The Kier molecular flexibility index (Phi) is 8.29. The molecule has 0 N–H and O–H groups in total. The lowest BCUT2D eigenvalue weighted by Crippen LogP contribution is -2.50. The van der Waals surface area contributed by atoms with E-state index in [9.17, 15) is 24.1 Å². The molecule has 0 aliphatic carbocycles. The third-order valence-corrected chi connectivity index (χ3v) is 7.22. The number of rotatable bonds is 8. The Morgan fingerprint density at radius 2 is 1.81 bits per heavy atom.